The molecule has 0 spiro atoms. The lowest BCUT2D eigenvalue weighted by Gasteiger charge is -2.32. The summed E-state index contributed by atoms with van der Waals surface area (Å²) in [5.41, 5.74) is 2.82. The second-order valence-corrected chi connectivity index (χ2v) is 6.19. The van der Waals surface area contributed by atoms with Gasteiger partial charge in [0.25, 0.3) is 0 Å². The molecule has 0 radical (unpaired) electrons. The molecule has 1 N–H and O–H groups in total. The molecule has 2 rings (SSSR count). The monoisotopic (exact) mass is 324 g/mol. The zero-order chi connectivity index (χ0) is 13.7. The molecule has 1 aliphatic rings. The Morgan fingerprint density at radius 3 is 2.63 bits per heavy atom. The number of hydrogen-bond acceptors (Lipinski definition) is 2. The third-order valence-corrected chi connectivity index (χ3v) is 4.52. The van der Waals surface area contributed by atoms with E-state index < -0.39 is 0 Å². The minimum atomic E-state index is 0.742. The van der Waals surface area contributed by atoms with Crippen LogP contribution in [0.2, 0.25) is 0 Å². The number of anilines is 1. The highest BCUT2D eigenvalue weighted by atomic mass is 79.9. The maximum absolute atomic E-state index is 3.60. The van der Waals surface area contributed by atoms with Gasteiger partial charge in [0.05, 0.1) is 0 Å². The molecule has 2 nitrogen and oxygen atoms in total. The first kappa shape index (κ1) is 14.9. The van der Waals surface area contributed by atoms with Crippen LogP contribution in [0.3, 0.4) is 0 Å². The molecule has 19 heavy (non-hydrogen) atoms. The van der Waals surface area contributed by atoms with Gasteiger partial charge < -0.3 is 10.2 Å². The molecule has 0 unspecified atom stereocenters. The molecular formula is C16H25BrN2. The fourth-order valence-corrected chi connectivity index (χ4v) is 3.49. The van der Waals surface area contributed by atoms with Crippen LogP contribution < -0.4 is 10.2 Å². The Morgan fingerprint density at radius 2 is 2.00 bits per heavy atom. The van der Waals surface area contributed by atoms with E-state index >= 15 is 0 Å². The van der Waals surface area contributed by atoms with Crippen molar-refractivity contribution in [3.05, 3.63) is 28.2 Å². The molecule has 1 aliphatic carbocycles. The predicted octanol–water partition coefficient (Wildman–Crippen LogP) is 4.33. The zero-order valence-electron chi connectivity index (χ0n) is 12.1. The van der Waals surface area contributed by atoms with E-state index in [4.69, 9.17) is 0 Å². The molecule has 0 saturated heterocycles. The van der Waals surface area contributed by atoms with Gasteiger partial charge in [-0.15, -0.1) is 0 Å². The predicted molar refractivity (Wildman–Crippen MR) is 86.8 cm³/mol. The summed E-state index contributed by atoms with van der Waals surface area (Å²) < 4.78 is 1.17. The average Bonchev–Trinajstić information content (AvgIpc) is 2.93. The fourth-order valence-electron chi connectivity index (χ4n) is 3.08. The van der Waals surface area contributed by atoms with Crippen molar-refractivity contribution in [2.45, 2.75) is 52.1 Å². The highest BCUT2D eigenvalue weighted by Crippen LogP contribution is 2.31. The summed E-state index contributed by atoms with van der Waals surface area (Å²) in [4.78, 5) is 2.60. The molecule has 0 atom stereocenters. The maximum Gasteiger partial charge on any atom is 0.0415 e. The maximum atomic E-state index is 3.60. The topological polar surface area (TPSA) is 15.3 Å². The lowest BCUT2D eigenvalue weighted by Crippen LogP contribution is -2.34. The Morgan fingerprint density at radius 1 is 1.26 bits per heavy atom. The van der Waals surface area contributed by atoms with Crippen LogP contribution in [-0.2, 0) is 6.54 Å². The highest BCUT2D eigenvalue weighted by Gasteiger charge is 2.23. The molecule has 3 heteroatoms. The standard InChI is InChI=1S/C16H25BrN2/c1-3-18-12-13-11-14(17)9-10-16(13)19(4-2)15-7-5-6-8-15/h9-11,15,18H,3-8,12H2,1-2H3. The summed E-state index contributed by atoms with van der Waals surface area (Å²) >= 11 is 3.60. The summed E-state index contributed by atoms with van der Waals surface area (Å²) in [7, 11) is 0. The van der Waals surface area contributed by atoms with Crippen molar-refractivity contribution in [1.29, 1.82) is 0 Å². The zero-order valence-corrected chi connectivity index (χ0v) is 13.7. The summed E-state index contributed by atoms with van der Waals surface area (Å²) in [5, 5.41) is 3.45. The van der Waals surface area contributed by atoms with E-state index in [2.05, 4.69) is 58.2 Å². The van der Waals surface area contributed by atoms with Crippen LogP contribution in [0.15, 0.2) is 22.7 Å². The van der Waals surface area contributed by atoms with E-state index in [0.717, 1.165) is 25.7 Å². The number of hydrogen-bond donors (Lipinski definition) is 1. The Balaban J connectivity index is 2.24. The molecule has 1 fully saturated rings. The molecule has 0 bridgehead atoms. The summed E-state index contributed by atoms with van der Waals surface area (Å²) in [5.74, 6) is 0. The summed E-state index contributed by atoms with van der Waals surface area (Å²) in [6, 6.07) is 7.45. The van der Waals surface area contributed by atoms with Crippen LogP contribution >= 0.6 is 15.9 Å². The van der Waals surface area contributed by atoms with Crippen molar-refractivity contribution in [3.63, 3.8) is 0 Å². The first-order chi connectivity index (χ1) is 9.26. The summed E-state index contributed by atoms with van der Waals surface area (Å²) in [6.45, 7) is 7.50. The lowest BCUT2D eigenvalue weighted by molar-refractivity contribution is 0.614. The number of nitrogens with one attached hydrogen (secondary N) is 1. The molecule has 1 saturated carbocycles. The minimum absolute atomic E-state index is 0.742. The number of rotatable bonds is 6. The second kappa shape index (κ2) is 7.30. The van der Waals surface area contributed by atoms with Crippen LogP contribution in [0.4, 0.5) is 5.69 Å². The van der Waals surface area contributed by atoms with Crippen molar-refractivity contribution in [1.82, 2.24) is 5.32 Å². The number of benzene rings is 1. The van der Waals surface area contributed by atoms with Crippen LogP contribution in [0.25, 0.3) is 0 Å². The minimum Gasteiger partial charge on any atom is -0.369 e. The smallest absolute Gasteiger partial charge is 0.0415 e. The van der Waals surface area contributed by atoms with Crippen molar-refractivity contribution in [2.75, 3.05) is 18.0 Å². The van der Waals surface area contributed by atoms with E-state index in [-0.39, 0.29) is 0 Å². The van der Waals surface area contributed by atoms with Gasteiger partial charge in [0, 0.05) is 29.3 Å². The molecular weight excluding hydrogens is 300 g/mol. The number of nitrogens with zero attached hydrogens (tertiary/aromatic N) is 1. The van der Waals surface area contributed by atoms with Gasteiger partial charge in [-0.05, 0) is 50.1 Å². The number of halogens is 1. The van der Waals surface area contributed by atoms with Gasteiger partial charge in [-0.3, -0.25) is 0 Å². The van der Waals surface area contributed by atoms with Gasteiger partial charge in [-0.1, -0.05) is 35.7 Å². The first-order valence-corrected chi connectivity index (χ1v) is 8.31. The largest absolute Gasteiger partial charge is 0.369 e. The van der Waals surface area contributed by atoms with E-state index in [1.54, 1.807) is 0 Å². The van der Waals surface area contributed by atoms with Gasteiger partial charge >= 0.3 is 0 Å². The van der Waals surface area contributed by atoms with E-state index in [1.807, 2.05) is 0 Å². The van der Waals surface area contributed by atoms with Crippen molar-refractivity contribution in [2.24, 2.45) is 0 Å². The Labute approximate surface area is 125 Å². The molecule has 0 heterocycles. The van der Waals surface area contributed by atoms with Crippen LogP contribution in [0.1, 0.15) is 45.1 Å². The lowest BCUT2D eigenvalue weighted by atomic mass is 10.1. The third-order valence-electron chi connectivity index (χ3n) is 4.02. The summed E-state index contributed by atoms with van der Waals surface area (Å²) in [6.07, 6.45) is 5.48. The molecule has 0 amide bonds. The SMILES string of the molecule is CCNCc1cc(Br)ccc1N(CC)C1CCCC1. The average molecular weight is 325 g/mol. The Bertz CT molecular complexity index is 400. The quantitative estimate of drug-likeness (QED) is 0.837. The van der Waals surface area contributed by atoms with Crippen molar-refractivity contribution >= 4 is 21.6 Å². The first-order valence-electron chi connectivity index (χ1n) is 7.52. The van der Waals surface area contributed by atoms with Gasteiger partial charge in [0.15, 0.2) is 0 Å². The van der Waals surface area contributed by atoms with Gasteiger partial charge in [-0.25, -0.2) is 0 Å². The van der Waals surface area contributed by atoms with Gasteiger partial charge in [-0.2, -0.15) is 0 Å². The van der Waals surface area contributed by atoms with Crippen LogP contribution in [0, 0.1) is 0 Å². The fraction of sp³-hybridized carbons (Fsp3) is 0.625. The van der Waals surface area contributed by atoms with Gasteiger partial charge in [0.1, 0.15) is 0 Å². The van der Waals surface area contributed by atoms with Gasteiger partial charge in [0.2, 0.25) is 0 Å². The second-order valence-electron chi connectivity index (χ2n) is 5.28. The molecule has 106 valence electrons. The molecule has 0 aliphatic heterocycles. The molecule has 1 aromatic carbocycles. The van der Waals surface area contributed by atoms with E-state index in [1.165, 1.54) is 41.4 Å². The normalized spacial score (nSPS) is 15.9. The molecule has 1 aromatic rings. The molecule has 0 aromatic heterocycles. The van der Waals surface area contributed by atoms with Crippen molar-refractivity contribution < 1.29 is 0 Å². The van der Waals surface area contributed by atoms with E-state index in [9.17, 15) is 0 Å². The van der Waals surface area contributed by atoms with Crippen LogP contribution in [-0.4, -0.2) is 19.1 Å². The van der Waals surface area contributed by atoms with E-state index in [0.29, 0.717) is 0 Å². The Hall–Kier alpha value is -0.540. The highest BCUT2D eigenvalue weighted by molar-refractivity contribution is 9.10. The van der Waals surface area contributed by atoms with Crippen LogP contribution in [0.5, 0.6) is 0 Å². The third kappa shape index (κ3) is 3.73. The van der Waals surface area contributed by atoms with Crippen molar-refractivity contribution in [3.8, 4) is 0 Å². The Kier molecular flexibility index (Phi) is 5.71.